The van der Waals surface area contributed by atoms with Gasteiger partial charge in [0.1, 0.15) is 0 Å². The molecule has 2 aromatic rings. The third-order valence-corrected chi connectivity index (χ3v) is 3.81. The number of anilines is 1. The van der Waals surface area contributed by atoms with E-state index in [9.17, 15) is 4.39 Å². The normalized spacial score (nSPS) is 13.1. The molecule has 0 unspecified atom stereocenters. The summed E-state index contributed by atoms with van der Waals surface area (Å²) in [4.78, 5) is 0. The van der Waals surface area contributed by atoms with Crippen molar-refractivity contribution in [3.63, 3.8) is 0 Å². The fourth-order valence-electron chi connectivity index (χ4n) is 2.71. The van der Waals surface area contributed by atoms with Crippen molar-refractivity contribution in [2.45, 2.75) is 25.8 Å². The molecule has 0 aliphatic heterocycles. The molecular weight excluding hydrogens is 253 g/mol. The number of methoxy groups -OCH3 is 1. The summed E-state index contributed by atoms with van der Waals surface area (Å²) in [6.07, 6.45) is 3.61. The molecule has 3 rings (SSSR count). The summed E-state index contributed by atoms with van der Waals surface area (Å²) in [6, 6.07) is 11.6. The molecule has 3 heteroatoms. The summed E-state index contributed by atoms with van der Waals surface area (Å²) < 4.78 is 18.5. The van der Waals surface area contributed by atoms with Gasteiger partial charge in [-0.3, -0.25) is 0 Å². The molecule has 20 heavy (non-hydrogen) atoms. The predicted octanol–water partition coefficient (Wildman–Crippen LogP) is 3.94. The fourth-order valence-corrected chi connectivity index (χ4v) is 2.71. The third-order valence-electron chi connectivity index (χ3n) is 3.81. The monoisotopic (exact) mass is 271 g/mol. The Labute approximate surface area is 118 Å². The van der Waals surface area contributed by atoms with E-state index in [1.807, 2.05) is 6.07 Å². The van der Waals surface area contributed by atoms with Crippen molar-refractivity contribution < 1.29 is 9.13 Å². The lowest BCUT2D eigenvalue weighted by molar-refractivity contribution is 0.386. The van der Waals surface area contributed by atoms with Crippen LogP contribution in [0.5, 0.6) is 5.75 Å². The zero-order valence-corrected chi connectivity index (χ0v) is 11.6. The second kappa shape index (κ2) is 5.53. The Balaban J connectivity index is 1.69. The Morgan fingerprint density at radius 3 is 2.75 bits per heavy atom. The van der Waals surface area contributed by atoms with E-state index in [-0.39, 0.29) is 11.6 Å². The average Bonchev–Trinajstić information content (AvgIpc) is 2.92. The number of hydrogen-bond donors (Lipinski definition) is 1. The number of benzene rings is 2. The molecule has 0 spiro atoms. The van der Waals surface area contributed by atoms with Crippen LogP contribution in [0.3, 0.4) is 0 Å². The molecule has 0 bridgehead atoms. The smallest absolute Gasteiger partial charge is 0.165 e. The van der Waals surface area contributed by atoms with Crippen LogP contribution in [0.1, 0.15) is 23.1 Å². The number of rotatable bonds is 4. The minimum absolute atomic E-state index is 0.284. The molecule has 0 amide bonds. The standard InChI is InChI=1S/C17H18FNO/c1-20-17-8-5-12(9-16(17)18)11-19-15-7-6-13-3-2-4-14(13)10-15/h5-10,19H,2-4,11H2,1H3. The maximum Gasteiger partial charge on any atom is 0.165 e. The third kappa shape index (κ3) is 2.62. The topological polar surface area (TPSA) is 21.3 Å². The molecule has 104 valence electrons. The largest absolute Gasteiger partial charge is 0.494 e. The lowest BCUT2D eigenvalue weighted by Crippen LogP contribution is -2.01. The van der Waals surface area contributed by atoms with Crippen molar-refractivity contribution >= 4 is 5.69 Å². The van der Waals surface area contributed by atoms with Crippen molar-refractivity contribution in [2.24, 2.45) is 0 Å². The molecular formula is C17H18FNO. The van der Waals surface area contributed by atoms with Crippen LogP contribution in [-0.2, 0) is 19.4 Å². The van der Waals surface area contributed by atoms with Gasteiger partial charge < -0.3 is 10.1 Å². The zero-order chi connectivity index (χ0) is 13.9. The molecule has 2 aromatic carbocycles. The van der Waals surface area contributed by atoms with E-state index >= 15 is 0 Å². The van der Waals surface area contributed by atoms with Crippen molar-refractivity contribution in [1.29, 1.82) is 0 Å². The van der Waals surface area contributed by atoms with Crippen molar-refractivity contribution in [2.75, 3.05) is 12.4 Å². The van der Waals surface area contributed by atoms with Gasteiger partial charge in [0.15, 0.2) is 11.6 Å². The van der Waals surface area contributed by atoms with E-state index in [0.717, 1.165) is 11.3 Å². The van der Waals surface area contributed by atoms with Crippen LogP contribution in [-0.4, -0.2) is 7.11 Å². The predicted molar refractivity (Wildman–Crippen MR) is 78.7 cm³/mol. The Hall–Kier alpha value is -2.03. The number of nitrogens with one attached hydrogen (secondary N) is 1. The second-order valence-electron chi connectivity index (χ2n) is 5.16. The molecule has 1 aliphatic carbocycles. The van der Waals surface area contributed by atoms with E-state index in [2.05, 4.69) is 23.5 Å². The fraction of sp³-hybridized carbons (Fsp3) is 0.294. The number of fused-ring (bicyclic) bond motifs is 1. The molecule has 0 atom stereocenters. The lowest BCUT2D eigenvalue weighted by Gasteiger charge is -2.10. The molecule has 0 saturated carbocycles. The van der Waals surface area contributed by atoms with Gasteiger partial charge in [-0.05, 0) is 60.2 Å². The minimum atomic E-state index is -0.319. The Kier molecular flexibility index (Phi) is 3.59. The van der Waals surface area contributed by atoms with E-state index in [1.54, 1.807) is 6.07 Å². The van der Waals surface area contributed by atoms with Crippen LogP contribution in [0.25, 0.3) is 0 Å². The minimum Gasteiger partial charge on any atom is -0.494 e. The highest BCUT2D eigenvalue weighted by Crippen LogP contribution is 2.25. The highest BCUT2D eigenvalue weighted by atomic mass is 19.1. The molecule has 2 nitrogen and oxygen atoms in total. The molecule has 1 aliphatic rings. The lowest BCUT2D eigenvalue weighted by atomic mass is 10.1. The summed E-state index contributed by atoms with van der Waals surface area (Å²) >= 11 is 0. The molecule has 1 N–H and O–H groups in total. The average molecular weight is 271 g/mol. The van der Waals surface area contributed by atoms with Crippen molar-refractivity contribution in [3.8, 4) is 5.75 Å². The quantitative estimate of drug-likeness (QED) is 0.909. The van der Waals surface area contributed by atoms with E-state index in [1.165, 1.54) is 43.6 Å². The number of aryl methyl sites for hydroxylation is 2. The van der Waals surface area contributed by atoms with Gasteiger partial charge in [0.2, 0.25) is 0 Å². The van der Waals surface area contributed by atoms with Gasteiger partial charge in [0.05, 0.1) is 7.11 Å². The highest BCUT2D eigenvalue weighted by molar-refractivity contribution is 5.50. The first-order valence-electron chi connectivity index (χ1n) is 6.94. The van der Waals surface area contributed by atoms with Gasteiger partial charge in [-0.2, -0.15) is 0 Å². The Morgan fingerprint density at radius 1 is 1.10 bits per heavy atom. The van der Waals surface area contributed by atoms with Crippen LogP contribution < -0.4 is 10.1 Å². The van der Waals surface area contributed by atoms with Crippen molar-refractivity contribution in [3.05, 3.63) is 58.9 Å². The summed E-state index contributed by atoms with van der Waals surface area (Å²) in [6.45, 7) is 0.611. The van der Waals surface area contributed by atoms with Crippen LogP contribution >= 0.6 is 0 Å². The van der Waals surface area contributed by atoms with E-state index in [4.69, 9.17) is 4.74 Å². The zero-order valence-electron chi connectivity index (χ0n) is 11.6. The molecule has 0 heterocycles. The highest BCUT2D eigenvalue weighted by Gasteiger charge is 2.10. The van der Waals surface area contributed by atoms with E-state index in [0.29, 0.717) is 6.54 Å². The molecule has 0 radical (unpaired) electrons. The van der Waals surface area contributed by atoms with Gasteiger partial charge in [0.25, 0.3) is 0 Å². The first-order valence-corrected chi connectivity index (χ1v) is 6.94. The number of ether oxygens (including phenoxy) is 1. The number of halogens is 1. The first-order chi connectivity index (χ1) is 9.76. The van der Waals surface area contributed by atoms with Crippen LogP contribution in [0.4, 0.5) is 10.1 Å². The first kappa shape index (κ1) is 13.0. The van der Waals surface area contributed by atoms with Crippen LogP contribution in [0.15, 0.2) is 36.4 Å². The molecule has 0 fully saturated rings. The van der Waals surface area contributed by atoms with Gasteiger partial charge in [-0.15, -0.1) is 0 Å². The van der Waals surface area contributed by atoms with E-state index < -0.39 is 0 Å². The number of hydrogen-bond acceptors (Lipinski definition) is 2. The van der Waals surface area contributed by atoms with Crippen LogP contribution in [0.2, 0.25) is 0 Å². The van der Waals surface area contributed by atoms with Gasteiger partial charge in [-0.25, -0.2) is 4.39 Å². The summed E-state index contributed by atoms with van der Waals surface area (Å²) in [5.41, 5.74) is 4.91. The van der Waals surface area contributed by atoms with Crippen molar-refractivity contribution in [1.82, 2.24) is 0 Å². The Morgan fingerprint density at radius 2 is 1.95 bits per heavy atom. The molecule has 0 aromatic heterocycles. The van der Waals surface area contributed by atoms with Gasteiger partial charge in [-0.1, -0.05) is 12.1 Å². The maximum atomic E-state index is 13.6. The van der Waals surface area contributed by atoms with Gasteiger partial charge >= 0.3 is 0 Å². The summed E-state index contributed by atoms with van der Waals surface area (Å²) in [5, 5.41) is 3.35. The van der Waals surface area contributed by atoms with Crippen LogP contribution in [0, 0.1) is 5.82 Å². The van der Waals surface area contributed by atoms with Gasteiger partial charge in [0, 0.05) is 12.2 Å². The SMILES string of the molecule is COc1ccc(CNc2ccc3c(c2)CCC3)cc1F. The maximum absolute atomic E-state index is 13.6. The Bertz CT molecular complexity index is 624. The summed E-state index contributed by atoms with van der Waals surface area (Å²) in [5.74, 6) is -0.0352. The second-order valence-corrected chi connectivity index (χ2v) is 5.16. The molecule has 0 saturated heterocycles. The summed E-state index contributed by atoms with van der Waals surface area (Å²) in [7, 11) is 1.47.